The van der Waals surface area contributed by atoms with E-state index >= 15 is 0 Å². The Morgan fingerprint density at radius 1 is 1.00 bits per heavy atom. The SMILES string of the molecule is O=S(O)S(=O)O.S. The van der Waals surface area contributed by atoms with Crippen molar-refractivity contribution in [1.29, 1.82) is 0 Å². The molecule has 0 rings (SSSR count). The third-order valence-corrected chi connectivity index (χ3v) is 1.10. The molecule has 0 aromatic carbocycles. The highest BCUT2D eigenvalue weighted by Gasteiger charge is 1.95. The first-order valence-corrected chi connectivity index (χ1v) is 3.60. The minimum Gasteiger partial charge on any atom is -0.294 e. The summed E-state index contributed by atoms with van der Waals surface area (Å²) in [6, 6.07) is 0. The molecule has 0 fully saturated rings. The summed E-state index contributed by atoms with van der Waals surface area (Å²) in [6.07, 6.45) is 0. The lowest BCUT2D eigenvalue weighted by Gasteiger charge is -1.74. The Labute approximate surface area is 51.7 Å². The largest absolute Gasteiger partial charge is 0.294 e. The quantitative estimate of drug-likeness (QED) is 0.403. The van der Waals surface area contributed by atoms with E-state index in [0.29, 0.717) is 0 Å². The van der Waals surface area contributed by atoms with Gasteiger partial charge in [0.05, 0.1) is 0 Å². The van der Waals surface area contributed by atoms with Gasteiger partial charge in [0.2, 0.25) is 0 Å². The van der Waals surface area contributed by atoms with E-state index in [4.69, 9.17) is 9.11 Å². The standard InChI is InChI=1S/H2O4S2.H2S/c1-5(2)6(3)4;/h(H,1,2)(H,3,4);1H2. The summed E-state index contributed by atoms with van der Waals surface area (Å²) in [5, 5.41) is 0. The van der Waals surface area contributed by atoms with Crippen molar-refractivity contribution in [3.63, 3.8) is 0 Å². The number of hydrogen-bond donors (Lipinski definition) is 2. The molecule has 2 unspecified atom stereocenters. The fourth-order valence-corrected chi connectivity index (χ4v) is 0. The second kappa shape index (κ2) is 4.72. The summed E-state index contributed by atoms with van der Waals surface area (Å²) in [5.74, 6) is 0. The van der Waals surface area contributed by atoms with Gasteiger partial charge in [-0.2, -0.15) is 13.5 Å². The fraction of sp³-hybridized carbons (Fsp3) is 0. The molecule has 0 heterocycles. The van der Waals surface area contributed by atoms with E-state index in [2.05, 4.69) is 0 Å². The first-order chi connectivity index (χ1) is 2.64. The normalized spacial score (nSPS) is 16.9. The average Bonchev–Trinajstić information content (AvgIpc) is 1.36. The molecule has 46 valence electrons. The van der Waals surface area contributed by atoms with Crippen molar-refractivity contribution < 1.29 is 17.5 Å². The Bertz CT molecular complexity index is 72.9. The van der Waals surface area contributed by atoms with Crippen molar-refractivity contribution >= 4 is 33.7 Å². The van der Waals surface area contributed by atoms with Crippen LogP contribution in [-0.2, 0) is 20.2 Å². The highest BCUT2D eigenvalue weighted by Crippen LogP contribution is 1.74. The van der Waals surface area contributed by atoms with Gasteiger partial charge in [0, 0.05) is 0 Å². The van der Waals surface area contributed by atoms with Gasteiger partial charge in [0.25, 0.3) is 20.2 Å². The maximum Gasteiger partial charge on any atom is 0.274 e. The molecule has 0 aliphatic rings. The summed E-state index contributed by atoms with van der Waals surface area (Å²) >= 11 is 0. The Morgan fingerprint density at radius 3 is 1.14 bits per heavy atom. The maximum absolute atomic E-state index is 9.26. The van der Waals surface area contributed by atoms with Crippen LogP contribution < -0.4 is 0 Å². The summed E-state index contributed by atoms with van der Waals surface area (Å²) < 4.78 is 33.6. The van der Waals surface area contributed by atoms with Crippen LogP contribution >= 0.6 is 13.5 Å². The molecule has 7 heteroatoms. The summed E-state index contributed by atoms with van der Waals surface area (Å²) in [5.41, 5.74) is 0. The maximum atomic E-state index is 9.26. The number of rotatable bonds is 1. The van der Waals surface area contributed by atoms with E-state index < -0.39 is 20.2 Å². The second-order valence-corrected chi connectivity index (χ2v) is 3.01. The third kappa shape index (κ3) is 6.57. The Hall–Kier alpha value is 0.570. The van der Waals surface area contributed by atoms with Gasteiger partial charge in [-0.25, -0.2) is 8.42 Å². The molecule has 0 aromatic heterocycles. The lowest BCUT2D eigenvalue weighted by atomic mass is 15.9. The zero-order valence-corrected chi connectivity index (χ0v) is 5.66. The van der Waals surface area contributed by atoms with Gasteiger partial charge in [-0.05, 0) is 0 Å². The molecule has 2 atom stereocenters. The van der Waals surface area contributed by atoms with E-state index in [9.17, 15) is 8.42 Å². The van der Waals surface area contributed by atoms with Crippen molar-refractivity contribution in [2.75, 3.05) is 0 Å². The van der Waals surface area contributed by atoms with Gasteiger partial charge < -0.3 is 0 Å². The van der Waals surface area contributed by atoms with Crippen LogP contribution in [0.5, 0.6) is 0 Å². The molecular weight excluding hydrogens is 160 g/mol. The van der Waals surface area contributed by atoms with Crippen molar-refractivity contribution in [1.82, 2.24) is 0 Å². The molecule has 0 amide bonds. The molecule has 2 N–H and O–H groups in total. The minimum absolute atomic E-state index is 0. The minimum atomic E-state index is -2.59. The molecule has 0 aliphatic heterocycles. The van der Waals surface area contributed by atoms with Crippen LogP contribution in [0.4, 0.5) is 0 Å². The molecular formula is H4O4S3. The van der Waals surface area contributed by atoms with Crippen molar-refractivity contribution in [2.45, 2.75) is 0 Å². The van der Waals surface area contributed by atoms with Crippen LogP contribution in [0.25, 0.3) is 0 Å². The Kier molecular flexibility index (Phi) is 7.10. The lowest BCUT2D eigenvalue weighted by molar-refractivity contribution is 0.548. The van der Waals surface area contributed by atoms with Crippen molar-refractivity contribution in [2.24, 2.45) is 0 Å². The Morgan fingerprint density at radius 2 is 1.14 bits per heavy atom. The van der Waals surface area contributed by atoms with Crippen LogP contribution in [0, 0.1) is 0 Å². The zero-order valence-electron chi connectivity index (χ0n) is 3.03. The third-order valence-electron chi connectivity index (χ3n) is 0.122. The first kappa shape index (κ1) is 10.5. The van der Waals surface area contributed by atoms with Crippen LogP contribution in [0.3, 0.4) is 0 Å². The van der Waals surface area contributed by atoms with E-state index in [1.54, 1.807) is 0 Å². The molecule has 4 nitrogen and oxygen atoms in total. The molecule has 0 saturated carbocycles. The first-order valence-electron chi connectivity index (χ1n) is 0.865. The van der Waals surface area contributed by atoms with E-state index in [1.807, 2.05) is 0 Å². The molecule has 0 saturated heterocycles. The smallest absolute Gasteiger partial charge is 0.274 e. The lowest BCUT2D eigenvalue weighted by Crippen LogP contribution is -1.93. The molecule has 0 radical (unpaired) electrons. The summed E-state index contributed by atoms with van der Waals surface area (Å²) in [6.45, 7) is 0. The van der Waals surface area contributed by atoms with Gasteiger partial charge in [-0.1, -0.05) is 0 Å². The van der Waals surface area contributed by atoms with Crippen molar-refractivity contribution in [3.05, 3.63) is 0 Å². The van der Waals surface area contributed by atoms with Gasteiger partial charge in [-0.15, -0.1) is 0 Å². The highest BCUT2D eigenvalue weighted by molar-refractivity contribution is 8.56. The Balaban J connectivity index is 0. The highest BCUT2D eigenvalue weighted by atomic mass is 33.2. The monoisotopic (exact) mass is 164 g/mol. The molecule has 0 aromatic rings. The summed E-state index contributed by atoms with van der Waals surface area (Å²) in [4.78, 5) is 0. The van der Waals surface area contributed by atoms with Crippen LogP contribution in [0.1, 0.15) is 0 Å². The summed E-state index contributed by atoms with van der Waals surface area (Å²) in [7, 11) is -5.18. The predicted molar refractivity (Wildman–Crippen MR) is 31.9 cm³/mol. The van der Waals surface area contributed by atoms with Gasteiger partial charge >= 0.3 is 0 Å². The van der Waals surface area contributed by atoms with E-state index in [-0.39, 0.29) is 13.5 Å². The molecule has 0 spiro atoms. The van der Waals surface area contributed by atoms with Gasteiger partial charge in [0.15, 0.2) is 0 Å². The van der Waals surface area contributed by atoms with E-state index in [0.717, 1.165) is 0 Å². The van der Waals surface area contributed by atoms with Gasteiger partial charge in [-0.3, -0.25) is 9.11 Å². The zero-order chi connectivity index (χ0) is 5.15. The van der Waals surface area contributed by atoms with E-state index in [1.165, 1.54) is 0 Å². The molecule has 7 heavy (non-hydrogen) atoms. The van der Waals surface area contributed by atoms with Crippen molar-refractivity contribution in [3.8, 4) is 0 Å². The predicted octanol–water partition coefficient (Wildman–Crippen LogP) is -0.542. The van der Waals surface area contributed by atoms with Crippen LogP contribution in [0.2, 0.25) is 0 Å². The van der Waals surface area contributed by atoms with Gasteiger partial charge in [0.1, 0.15) is 0 Å². The molecule has 0 aliphatic carbocycles. The number of hydrogen-bond acceptors (Lipinski definition) is 2. The topological polar surface area (TPSA) is 74.6 Å². The van der Waals surface area contributed by atoms with Crippen LogP contribution in [0.15, 0.2) is 0 Å². The van der Waals surface area contributed by atoms with Crippen LogP contribution in [-0.4, -0.2) is 17.5 Å². The average molecular weight is 164 g/mol. The second-order valence-electron chi connectivity index (χ2n) is 0.434. The fourth-order valence-electron chi connectivity index (χ4n) is 0. The molecule has 0 bridgehead atoms.